The highest BCUT2D eigenvalue weighted by atomic mass is 35.5. The Labute approximate surface area is 187 Å². The normalized spacial score (nSPS) is 18.4. The largest absolute Gasteiger partial charge is 0.388 e. The second-order valence-electron chi connectivity index (χ2n) is 6.97. The van der Waals surface area contributed by atoms with Gasteiger partial charge in [-0.25, -0.2) is 20.1 Å². The minimum Gasteiger partial charge on any atom is -0.388 e. The molecule has 1 aromatic heterocycles. The number of amidine groups is 1. The van der Waals surface area contributed by atoms with Crippen LogP contribution >= 0.6 is 22.9 Å². The van der Waals surface area contributed by atoms with Crippen LogP contribution in [-0.4, -0.2) is 28.5 Å². The van der Waals surface area contributed by atoms with Crippen LogP contribution in [0, 0.1) is 0 Å². The van der Waals surface area contributed by atoms with Crippen LogP contribution in [0.5, 0.6) is 0 Å². The molecule has 4 N–H and O–H groups in total. The Morgan fingerprint density at radius 1 is 1.37 bits per heavy atom. The van der Waals surface area contributed by atoms with Gasteiger partial charge < -0.3 is 10.6 Å². The third-order valence-electron chi connectivity index (χ3n) is 4.83. The number of nitrogens with zero attached hydrogens (tertiary/aromatic N) is 3. The molecule has 0 fully saturated rings. The predicted octanol–water partition coefficient (Wildman–Crippen LogP) is 3.94. The Kier molecular flexibility index (Phi) is 6.10. The first-order valence-corrected chi connectivity index (χ1v) is 11.8. The number of benzene rings is 1. The Hall–Kier alpha value is -2.39. The standard InChI is InChI=1S/C21H22ClN5OS2/c1-26(13-14-6-3-2-4-7-14)19-17-10-11-29-21(17)27(24)20(25-19)18(23)30(28)16-9-5-8-15(22)12-16/h3,5-12H,2,4,13,23-24H2,1H3/b20-18+. The van der Waals surface area contributed by atoms with Gasteiger partial charge in [-0.15, -0.1) is 11.3 Å². The van der Waals surface area contributed by atoms with Gasteiger partial charge in [0.25, 0.3) is 0 Å². The number of rotatable bonds is 4. The number of fused-ring (bicyclic) bond motifs is 1. The van der Waals surface area contributed by atoms with E-state index < -0.39 is 10.8 Å². The van der Waals surface area contributed by atoms with E-state index in [-0.39, 0.29) is 10.9 Å². The molecule has 1 aliphatic carbocycles. The molecule has 2 aliphatic rings. The van der Waals surface area contributed by atoms with Gasteiger partial charge >= 0.3 is 0 Å². The summed E-state index contributed by atoms with van der Waals surface area (Å²) in [7, 11) is 0.336. The summed E-state index contributed by atoms with van der Waals surface area (Å²) in [6.45, 7) is 0.708. The van der Waals surface area contributed by atoms with E-state index in [2.05, 4.69) is 23.1 Å². The molecule has 0 saturated carbocycles. The average Bonchev–Trinajstić information content (AvgIpc) is 3.24. The number of allylic oxidation sites excluding steroid dienone is 2. The molecule has 0 amide bonds. The van der Waals surface area contributed by atoms with E-state index in [1.165, 1.54) is 21.9 Å². The quantitative estimate of drug-likeness (QED) is 0.676. The molecule has 9 heteroatoms. The third kappa shape index (κ3) is 4.09. The second kappa shape index (κ2) is 8.77. The number of hydrogen-bond acceptors (Lipinski definition) is 7. The molecule has 30 heavy (non-hydrogen) atoms. The summed E-state index contributed by atoms with van der Waals surface area (Å²) in [4.78, 5) is 7.30. The lowest BCUT2D eigenvalue weighted by Crippen LogP contribution is -2.40. The molecular formula is C21H22ClN5OS2. The summed E-state index contributed by atoms with van der Waals surface area (Å²) in [6.07, 6.45) is 8.68. The number of hydrazine groups is 1. The van der Waals surface area contributed by atoms with Crippen LogP contribution in [0.1, 0.15) is 18.4 Å². The summed E-state index contributed by atoms with van der Waals surface area (Å²) < 4.78 is 13.1. The summed E-state index contributed by atoms with van der Waals surface area (Å²) in [5.74, 6) is 7.35. The highest BCUT2D eigenvalue weighted by molar-refractivity contribution is 7.89. The Morgan fingerprint density at radius 3 is 2.93 bits per heavy atom. The van der Waals surface area contributed by atoms with E-state index in [0.717, 1.165) is 29.2 Å². The van der Waals surface area contributed by atoms with Gasteiger partial charge in [-0.05, 0) is 48.1 Å². The van der Waals surface area contributed by atoms with Gasteiger partial charge in [0.1, 0.15) is 26.7 Å². The molecule has 6 nitrogen and oxygen atoms in total. The van der Waals surface area contributed by atoms with Gasteiger partial charge in [-0.1, -0.05) is 35.9 Å². The lowest BCUT2D eigenvalue weighted by molar-refractivity contribution is 0.550. The fraction of sp³-hybridized carbons (Fsp3) is 0.190. The Bertz CT molecular complexity index is 1120. The highest BCUT2D eigenvalue weighted by Gasteiger charge is 2.29. The third-order valence-corrected chi connectivity index (χ3v) is 7.24. The minimum atomic E-state index is -1.65. The molecule has 1 atom stereocenters. The van der Waals surface area contributed by atoms with E-state index in [0.29, 0.717) is 16.5 Å². The van der Waals surface area contributed by atoms with Crippen molar-refractivity contribution >= 4 is 44.6 Å². The van der Waals surface area contributed by atoms with Crippen molar-refractivity contribution in [2.24, 2.45) is 16.6 Å². The van der Waals surface area contributed by atoms with Crippen LogP contribution in [0.2, 0.25) is 5.02 Å². The van der Waals surface area contributed by atoms with E-state index in [1.807, 2.05) is 18.5 Å². The molecule has 1 unspecified atom stereocenters. The maximum atomic E-state index is 13.1. The van der Waals surface area contributed by atoms with Crippen molar-refractivity contribution in [2.75, 3.05) is 18.6 Å². The number of aliphatic imine (C=N–C) groups is 1. The molecule has 156 valence electrons. The van der Waals surface area contributed by atoms with E-state index in [9.17, 15) is 4.21 Å². The first kappa shape index (κ1) is 20.9. The zero-order valence-corrected chi connectivity index (χ0v) is 18.8. The Balaban J connectivity index is 1.73. The van der Waals surface area contributed by atoms with Gasteiger partial charge in [0, 0.05) is 23.5 Å². The number of halogens is 1. The molecular weight excluding hydrogens is 438 g/mol. The fourth-order valence-corrected chi connectivity index (χ4v) is 5.43. The van der Waals surface area contributed by atoms with Gasteiger partial charge in [0.15, 0.2) is 5.82 Å². The molecule has 1 aromatic carbocycles. The van der Waals surface area contributed by atoms with Crippen molar-refractivity contribution in [3.05, 3.63) is 80.9 Å². The first-order valence-electron chi connectivity index (χ1n) is 9.41. The lowest BCUT2D eigenvalue weighted by Gasteiger charge is -2.30. The summed E-state index contributed by atoms with van der Waals surface area (Å²) >= 11 is 7.53. The van der Waals surface area contributed by atoms with E-state index in [4.69, 9.17) is 28.2 Å². The average molecular weight is 460 g/mol. The van der Waals surface area contributed by atoms with Crippen molar-refractivity contribution in [1.29, 1.82) is 0 Å². The SMILES string of the molecule is CN(CC1=CCCC=C1)C1=N/C(=C(/N)S(=O)c2cccc(Cl)c2)N(N)c2sccc21. The fourth-order valence-electron chi connectivity index (χ4n) is 3.36. The maximum Gasteiger partial charge on any atom is 0.183 e. The molecule has 0 spiro atoms. The highest BCUT2D eigenvalue weighted by Crippen LogP contribution is 2.35. The van der Waals surface area contributed by atoms with Gasteiger partial charge in [-0.2, -0.15) is 0 Å². The van der Waals surface area contributed by atoms with Gasteiger partial charge in [0.2, 0.25) is 0 Å². The predicted molar refractivity (Wildman–Crippen MR) is 126 cm³/mol. The number of likely N-dealkylation sites (N-methyl/N-ethyl adjacent to an activating group) is 1. The van der Waals surface area contributed by atoms with Crippen LogP contribution in [0.3, 0.4) is 0 Å². The van der Waals surface area contributed by atoms with E-state index in [1.54, 1.807) is 24.3 Å². The van der Waals surface area contributed by atoms with Crippen molar-refractivity contribution in [1.82, 2.24) is 4.90 Å². The van der Waals surface area contributed by atoms with Crippen molar-refractivity contribution in [2.45, 2.75) is 17.7 Å². The number of thiophene rings is 1. The van der Waals surface area contributed by atoms with Crippen LogP contribution in [0.25, 0.3) is 0 Å². The van der Waals surface area contributed by atoms with Crippen LogP contribution < -0.4 is 16.6 Å². The van der Waals surface area contributed by atoms with Crippen LogP contribution in [0.4, 0.5) is 5.00 Å². The van der Waals surface area contributed by atoms with Gasteiger partial charge in [0.05, 0.1) is 5.56 Å². The topological polar surface area (TPSA) is 88.0 Å². The second-order valence-corrected chi connectivity index (χ2v) is 9.75. The van der Waals surface area contributed by atoms with Crippen molar-refractivity contribution in [3.63, 3.8) is 0 Å². The molecule has 2 aromatic rings. The zero-order valence-electron chi connectivity index (χ0n) is 16.4. The molecule has 2 heterocycles. The number of anilines is 1. The summed E-state index contributed by atoms with van der Waals surface area (Å²) in [5.41, 5.74) is 8.47. The maximum absolute atomic E-state index is 13.1. The monoisotopic (exact) mass is 459 g/mol. The van der Waals surface area contributed by atoms with Crippen molar-refractivity contribution < 1.29 is 4.21 Å². The number of nitrogens with two attached hydrogens (primary N) is 2. The lowest BCUT2D eigenvalue weighted by atomic mass is 10.1. The molecule has 0 radical (unpaired) electrons. The van der Waals surface area contributed by atoms with Crippen LogP contribution in [0.15, 0.2) is 80.3 Å². The van der Waals surface area contributed by atoms with Gasteiger partial charge in [-0.3, -0.25) is 0 Å². The Morgan fingerprint density at radius 2 is 2.20 bits per heavy atom. The van der Waals surface area contributed by atoms with E-state index >= 15 is 0 Å². The molecule has 1 aliphatic heterocycles. The van der Waals surface area contributed by atoms with Crippen molar-refractivity contribution in [3.8, 4) is 0 Å². The molecule has 0 saturated heterocycles. The zero-order chi connectivity index (χ0) is 21.3. The minimum absolute atomic E-state index is 0.0847. The van der Waals surface area contributed by atoms with Crippen LogP contribution in [-0.2, 0) is 10.8 Å². The summed E-state index contributed by atoms with van der Waals surface area (Å²) in [5, 5.41) is 4.75. The first-order chi connectivity index (χ1) is 14.5. The molecule has 4 rings (SSSR count). The molecule has 0 bridgehead atoms. The number of hydrogen-bond donors (Lipinski definition) is 2. The smallest absolute Gasteiger partial charge is 0.183 e. The summed E-state index contributed by atoms with van der Waals surface area (Å²) in [6, 6.07) is 8.79.